The number of nitrogens with zero attached hydrogens (tertiary/aromatic N) is 2. The highest BCUT2D eigenvalue weighted by molar-refractivity contribution is 7.89. The Hall–Kier alpha value is -3.70. The molecule has 0 saturated carbocycles. The first-order chi connectivity index (χ1) is 20.6. The van der Waals surface area contributed by atoms with Gasteiger partial charge in [0.05, 0.1) is 42.3 Å². The average Bonchev–Trinajstić information content (AvgIpc) is 3.72. The highest BCUT2D eigenvalue weighted by Crippen LogP contribution is 2.33. The third-order valence-electron chi connectivity index (χ3n) is 7.54. The van der Waals surface area contributed by atoms with Crippen LogP contribution in [0.1, 0.15) is 42.4 Å². The lowest BCUT2D eigenvalue weighted by atomic mass is 10.1. The Balaban J connectivity index is 1.44. The van der Waals surface area contributed by atoms with Crippen molar-refractivity contribution in [3.8, 4) is 0 Å². The normalized spacial score (nSPS) is 18.3. The number of hydrogen-bond acceptors (Lipinski definition) is 7. The summed E-state index contributed by atoms with van der Waals surface area (Å²) in [4.78, 5) is 27.8. The number of allylic oxidation sites excluding steroid dienone is 1. The Morgan fingerprint density at radius 1 is 1.07 bits per heavy atom. The van der Waals surface area contributed by atoms with Crippen LogP contribution in [0, 0.1) is 6.92 Å². The van der Waals surface area contributed by atoms with Gasteiger partial charge in [0.25, 0.3) is 5.91 Å². The number of halogens is 1. The summed E-state index contributed by atoms with van der Waals surface area (Å²) in [5.74, 6) is -0.320. The van der Waals surface area contributed by atoms with Crippen molar-refractivity contribution in [1.82, 2.24) is 9.21 Å². The molecular weight excluding hydrogens is 592 g/mol. The van der Waals surface area contributed by atoms with E-state index in [1.54, 1.807) is 24.0 Å². The molecule has 0 bridgehead atoms. The van der Waals surface area contributed by atoms with Gasteiger partial charge in [0.15, 0.2) is 0 Å². The monoisotopic (exact) mass is 624 g/mol. The number of furan rings is 1. The molecule has 3 heterocycles. The van der Waals surface area contributed by atoms with Gasteiger partial charge in [-0.15, -0.1) is 0 Å². The molecular formula is C32H33ClN2O7S. The fourth-order valence-electron chi connectivity index (χ4n) is 5.19. The minimum absolute atomic E-state index is 0.0696. The third-order valence-corrected chi connectivity index (χ3v) is 9.60. The molecule has 2 aliphatic rings. The molecule has 226 valence electrons. The standard InChI is InChI=1S/C32H33ClN2O7S/c1-21-6-8-23(9-7-21)18-34(43(38,39)28-14-10-24(33)11-15-28)19-27-13-12-25(42-27)17-29-30(32(37)40-3)22(2)35(31(29)36)20-26-5-4-16-41-26/h6-15,17,26H,4-5,16,18-20H2,1-3H3/b29-17+/t26-/m1/s1. The Morgan fingerprint density at radius 2 is 1.79 bits per heavy atom. The molecule has 3 aromatic rings. The number of ether oxygens (including phenoxy) is 2. The molecule has 0 radical (unpaired) electrons. The predicted octanol–water partition coefficient (Wildman–Crippen LogP) is 5.48. The van der Waals surface area contributed by atoms with Gasteiger partial charge in [-0.2, -0.15) is 4.31 Å². The summed E-state index contributed by atoms with van der Waals surface area (Å²) in [7, 11) is -2.67. The van der Waals surface area contributed by atoms with Crippen molar-refractivity contribution < 1.29 is 31.9 Å². The second-order valence-corrected chi connectivity index (χ2v) is 13.0. The Bertz CT molecular complexity index is 1670. The number of esters is 1. The van der Waals surface area contributed by atoms with Crippen LogP contribution in [-0.2, 0) is 42.2 Å². The van der Waals surface area contributed by atoms with Crippen LogP contribution in [0.15, 0.2) is 86.8 Å². The van der Waals surface area contributed by atoms with Gasteiger partial charge in [0.2, 0.25) is 10.0 Å². The fourth-order valence-corrected chi connectivity index (χ4v) is 6.71. The van der Waals surface area contributed by atoms with E-state index in [1.165, 1.54) is 41.8 Å². The maximum atomic E-state index is 13.7. The van der Waals surface area contributed by atoms with Gasteiger partial charge in [0.1, 0.15) is 11.5 Å². The van der Waals surface area contributed by atoms with Gasteiger partial charge in [-0.1, -0.05) is 41.4 Å². The molecule has 5 rings (SSSR count). The minimum Gasteiger partial charge on any atom is -0.465 e. The van der Waals surface area contributed by atoms with Gasteiger partial charge in [0, 0.05) is 23.9 Å². The lowest BCUT2D eigenvalue weighted by Crippen LogP contribution is -2.33. The Labute approximate surface area is 256 Å². The summed E-state index contributed by atoms with van der Waals surface area (Å²) in [6.07, 6.45) is 3.15. The summed E-state index contributed by atoms with van der Waals surface area (Å²) in [6.45, 7) is 4.68. The predicted molar refractivity (Wildman–Crippen MR) is 161 cm³/mol. The summed E-state index contributed by atoms with van der Waals surface area (Å²) in [5, 5.41) is 0.430. The number of amides is 1. The lowest BCUT2D eigenvalue weighted by molar-refractivity contribution is -0.136. The maximum Gasteiger partial charge on any atom is 0.340 e. The number of rotatable bonds is 10. The van der Waals surface area contributed by atoms with Crippen LogP contribution in [0.4, 0.5) is 0 Å². The highest BCUT2D eigenvalue weighted by Gasteiger charge is 2.38. The van der Waals surface area contributed by atoms with Crippen molar-refractivity contribution >= 4 is 39.6 Å². The molecule has 11 heteroatoms. The van der Waals surface area contributed by atoms with Crippen molar-refractivity contribution in [3.05, 3.63) is 105 Å². The molecule has 9 nitrogen and oxygen atoms in total. The van der Waals surface area contributed by atoms with E-state index in [4.69, 9.17) is 25.5 Å². The summed E-state index contributed by atoms with van der Waals surface area (Å²) in [6, 6.07) is 16.9. The first kappa shape index (κ1) is 30.7. The van der Waals surface area contributed by atoms with E-state index in [-0.39, 0.29) is 41.1 Å². The van der Waals surface area contributed by atoms with Gasteiger partial charge < -0.3 is 18.8 Å². The summed E-state index contributed by atoms with van der Waals surface area (Å²) >= 11 is 6.00. The summed E-state index contributed by atoms with van der Waals surface area (Å²) < 4.78 is 45.5. The van der Waals surface area contributed by atoms with E-state index in [2.05, 4.69) is 0 Å². The maximum absolute atomic E-state index is 13.7. The van der Waals surface area contributed by atoms with Crippen LogP contribution < -0.4 is 0 Å². The lowest BCUT2D eigenvalue weighted by Gasteiger charge is -2.21. The second-order valence-electron chi connectivity index (χ2n) is 10.6. The molecule has 1 fully saturated rings. The molecule has 1 aromatic heterocycles. The average molecular weight is 625 g/mol. The van der Waals surface area contributed by atoms with Gasteiger partial charge in [-0.05, 0) is 74.7 Å². The Morgan fingerprint density at radius 3 is 2.44 bits per heavy atom. The zero-order valence-electron chi connectivity index (χ0n) is 24.2. The SMILES string of the molecule is COC(=O)C1=C(C)N(C[C@H]2CCCO2)C(=O)/C1=C/c1ccc(CN(Cc2ccc(C)cc2)S(=O)(=O)c2ccc(Cl)cc2)o1. The van der Waals surface area contributed by atoms with Crippen LogP contribution >= 0.6 is 11.6 Å². The Kier molecular flexibility index (Phi) is 9.22. The first-order valence-corrected chi connectivity index (χ1v) is 15.7. The van der Waals surface area contributed by atoms with Crippen LogP contribution in [0.25, 0.3) is 6.08 Å². The van der Waals surface area contributed by atoms with E-state index >= 15 is 0 Å². The number of aryl methyl sites for hydroxylation is 1. The van der Waals surface area contributed by atoms with Crippen LogP contribution in [0.2, 0.25) is 5.02 Å². The van der Waals surface area contributed by atoms with Crippen molar-refractivity contribution in [1.29, 1.82) is 0 Å². The number of sulfonamides is 1. The van der Waals surface area contributed by atoms with E-state index < -0.39 is 16.0 Å². The van der Waals surface area contributed by atoms with Crippen molar-refractivity contribution in [2.24, 2.45) is 0 Å². The minimum atomic E-state index is -3.94. The highest BCUT2D eigenvalue weighted by atomic mass is 35.5. The molecule has 2 aromatic carbocycles. The molecule has 43 heavy (non-hydrogen) atoms. The molecule has 0 spiro atoms. The third kappa shape index (κ3) is 6.78. The van der Waals surface area contributed by atoms with Crippen LogP contribution in [0.5, 0.6) is 0 Å². The molecule has 0 unspecified atom stereocenters. The molecule has 1 saturated heterocycles. The van der Waals surface area contributed by atoms with Gasteiger partial charge in [-0.25, -0.2) is 13.2 Å². The van der Waals surface area contributed by atoms with E-state index in [0.29, 0.717) is 35.4 Å². The molecule has 1 amide bonds. The zero-order valence-corrected chi connectivity index (χ0v) is 25.8. The number of methoxy groups -OCH3 is 1. The number of benzene rings is 2. The first-order valence-electron chi connectivity index (χ1n) is 13.9. The quantitative estimate of drug-likeness (QED) is 0.217. The number of hydrogen-bond donors (Lipinski definition) is 0. The van der Waals surface area contributed by atoms with Crippen LogP contribution in [0.3, 0.4) is 0 Å². The number of carbonyl (C=O) groups is 2. The van der Waals surface area contributed by atoms with Gasteiger partial charge >= 0.3 is 5.97 Å². The van der Waals surface area contributed by atoms with Crippen molar-refractivity contribution in [2.45, 2.75) is 50.8 Å². The largest absolute Gasteiger partial charge is 0.465 e. The van der Waals surface area contributed by atoms with Gasteiger partial charge in [-0.3, -0.25) is 4.79 Å². The smallest absolute Gasteiger partial charge is 0.340 e. The van der Waals surface area contributed by atoms with Crippen molar-refractivity contribution in [2.75, 3.05) is 20.3 Å². The molecule has 0 aliphatic carbocycles. The van der Waals surface area contributed by atoms with E-state index in [0.717, 1.165) is 24.0 Å². The molecule has 2 aliphatic heterocycles. The van der Waals surface area contributed by atoms with E-state index in [1.807, 2.05) is 31.2 Å². The number of carbonyl (C=O) groups excluding carboxylic acids is 2. The summed E-state index contributed by atoms with van der Waals surface area (Å²) in [5.41, 5.74) is 2.67. The van der Waals surface area contributed by atoms with Crippen molar-refractivity contribution in [3.63, 3.8) is 0 Å². The topological polar surface area (TPSA) is 106 Å². The zero-order chi connectivity index (χ0) is 30.7. The molecule has 0 N–H and O–H groups in total. The second kappa shape index (κ2) is 12.9. The van der Waals surface area contributed by atoms with Crippen LogP contribution in [-0.4, -0.2) is 55.9 Å². The molecule has 1 atom stereocenters. The van der Waals surface area contributed by atoms with E-state index in [9.17, 15) is 18.0 Å². The fraction of sp³-hybridized carbons (Fsp3) is 0.312.